The van der Waals surface area contributed by atoms with Crippen molar-refractivity contribution in [2.24, 2.45) is 23.2 Å². The van der Waals surface area contributed by atoms with E-state index in [2.05, 4.69) is 44.8 Å². The molecular weight excluding hydrogens is 220 g/mol. The van der Waals surface area contributed by atoms with E-state index < -0.39 is 0 Å². The molecule has 1 saturated heterocycles. The Bertz CT molecular complexity index is 258. The second-order valence-corrected chi connectivity index (χ2v) is 7.77. The highest BCUT2D eigenvalue weighted by Gasteiger charge is 2.52. The van der Waals surface area contributed by atoms with E-state index in [0.717, 1.165) is 23.2 Å². The Balaban J connectivity index is 1.63. The first-order valence-corrected chi connectivity index (χ1v) is 7.86. The standard InChI is InChI=1S/C16H32N2/c1-12(2)9-18-10-16(11-18)6-15(7-16)14(5)8-17-13(3)4/h12-15,17H,6-11H2,1-5H3/t14-/m0/s1. The maximum atomic E-state index is 3.58. The molecule has 18 heavy (non-hydrogen) atoms. The fourth-order valence-electron chi connectivity index (χ4n) is 3.85. The minimum Gasteiger partial charge on any atom is -0.314 e. The molecule has 2 nitrogen and oxygen atoms in total. The second-order valence-electron chi connectivity index (χ2n) is 7.77. The van der Waals surface area contributed by atoms with Crippen LogP contribution in [0.1, 0.15) is 47.5 Å². The lowest BCUT2D eigenvalue weighted by atomic mass is 9.55. The molecule has 1 N–H and O–H groups in total. The normalized spacial score (nSPS) is 25.5. The zero-order valence-electron chi connectivity index (χ0n) is 13.0. The molecule has 1 atom stereocenters. The molecule has 2 aliphatic rings. The van der Waals surface area contributed by atoms with E-state index in [-0.39, 0.29) is 0 Å². The monoisotopic (exact) mass is 252 g/mol. The lowest BCUT2D eigenvalue weighted by Gasteiger charge is -2.61. The molecule has 1 aliphatic heterocycles. The largest absolute Gasteiger partial charge is 0.314 e. The highest BCUT2D eigenvalue weighted by Crippen LogP contribution is 2.54. The first-order valence-electron chi connectivity index (χ1n) is 7.86. The van der Waals surface area contributed by atoms with Crippen LogP contribution in [0.3, 0.4) is 0 Å². The van der Waals surface area contributed by atoms with E-state index in [1.807, 2.05) is 0 Å². The lowest BCUT2D eigenvalue weighted by molar-refractivity contribution is -0.110. The molecule has 0 bridgehead atoms. The van der Waals surface area contributed by atoms with Crippen LogP contribution in [0.2, 0.25) is 0 Å². The van der Waals surface area contributed by atoms with Crippen molar-refractivity contribution in [1.29, 1.82) is 0 Å². The molecule has 0 aromatic carbocycles. The van der Waals surface area contributed by atoms with Gasteiger partial charge in [0.25, 0.3) is 0 Å². The number of hydrogen-bond donors (Lipinski definition) is 1. The van der Waals surface area contributed by atoms with Crippen LogP contribution in [0.5, 0.6) is 0 Å². The van der Waals surface area contributed by atoms with Gasteiger partial charge in [-0.2, -0.15) is 0 Å². The summed E-state index contributed by atoms with van der Waals surface area (Å²) in [4.78, 5) is 2.65. The minimum absolute atomic E-state index is 0.631. The van der Waals surface area contributed by atoms with Crippen LogP contribution in [-0.4, -0.2) is 37.1 Å². The Kier molecular flexibility index (Phi) is 4.38. The first-order chi connectivity index (χ1) is 8.40. The molecule has 1 saturated carbocycles. The van der Waals surface area contributed by atoms with E-state index in [9.17, 15) is 0 Å². The highest BCUT2D eigenvalue weighted by molar-refractivity contribution is 5.05. The van der Waals surface area contributed by atoms with E-state index >= 15 is 0 Å². The molecule has 106 valence electrons. The van der Waals surface area contributed by atoms with E-state index in [4.69, 9.17) is 0 Å². The van der Waals surface area contributed by atoms with Crippen molar-refractivity contribution < 1.29 is 0 Å². The summed E-state index contributed by atoms with van der Waals surface area (Å²) < 4.78 is 0. The van der Waals surface area contributed by atoms with Gasteiger partial charge < -0.3 is 10.2 Å². The van der Waals surface area contributed by atoms with Gasteiger partial charge in [-0.1, -0.05) is 34.6 Å². The van der Waals surface area contributed by atoms with Gasteiger partial charge in [0, 0.05) is 25.7 Å². The van der Waals surface area contributed by atoms with Crippen molar-refractivity contribution in [3.63, 3.8) is 0 Å². The third kappa shape index (κ3) is 3.27. The summed E-state index contributed by atoms with van der Waals surface area (Å²) in [5.74, 6) is 2.67. The average Bonchev–Trinajstić information content (AvgIpc) is 2.15. The molecule has 2 fully saturated rings. The van der Waals surface area contributed by atoms with Gasteiger partial charge in [0.15, 0.2) is 0 Å². The molecule has 0 aromatic heterocycles. The number of nitrogens with zero attached hydrogens (tertiary/aromatic N) is 1. The molecule has 0 amide bonds. The summed E-state index contributed by atoms with van der Waals surface area (Å²) in [7, 11) is 0. The summed E-state index contributed by atoms with van der Waals surface area (Å²) in [5, 5.41) is 3.58. The van der Waals surface area contributed by atoms with Crippen LogP contribution in [0.4, 0.5) is 0 Å². The van der Waals surface area contributed by atoms with Crippen molar-refractivity contribution in [2.75, 3.05) is 26.2 Å². The smallest absolute Gasteiger partial charge is 0.00508 e. The van der Waals surface area contributed by atoms with Gasteiger partial charge in [0.2, 0.25) is 0 Å². The lowest BCUT2D eigenvalue weighted by Crippen LogP contribution is -2.63. The van der Waals surface area contributed by atoms with Crippen LogP contribution in [-0.2, 0) is 0 Å². The van der Waals surface area contributed by atoms with Gasteiger partial charge in [-0.3, -0.25) is 0 Å². The van der Waals surface area contributed by atoms with Gasteiger partial charge in [0.1, 0.15) is 0 Å². The summed E-state index contributed by atoms with van der Waals surface area (Å²) in [6.07, 6.45) is 2.98. The highest BCUT2D eigenvalue weighted by atomic mass is 15.2. The number of likely N-dealkylation sites (tertiary alicyclic amines) is 1. The summed E-state index contributed by atoms with van der Waals surface area (Å²) in [6, 6.07) is 0.631. The van der Waals surface area contributed by atoms with Crippen molar-refractivity contribution in [2.45, 2.75) is 53.5 Å². The van der Waals surface area contributed by atoms with Crippen molar-refractivity contribution >= 4 is 0 Å². The quantitative estimate of drug-likeness (QED) is 0.782. The van der Waals surface area contributed by atoms with Crippen LogP contribution >= 0.6 is 0 Å². The van der Waals surface area contributed by atoms with Gasteiger partial charge in [-0.25, -0.2) is 0 Å². The van der Waals surface area contributed by atoms with Gasteiger partial charge in [-0.05, 0) is 42.6 Å². The fourth-order valence-corrected chi connectivity index (χ4v) is 3.85. The maximum Gasteiger partial charge on any atom is 0.00508 e. The molecule has 1 heterocycles. The Labute approximate surface area is 114 Å². The van der Waals surface area contributed by atoms with Crippen molar-refractivity contribution in [3.8, 4) is 0 Å². The fraction of sp³-hybridized carbons (Fsp3) is 1.00. The van der Waals surface area contributed by atoms with Crippen LogP contribution in [0.15, 0.2) is 0 Å². The molecule has 2 heteroatoms. The molecular formula is C16H32N2. The Hall–Kier alpha value is -0.0800. The Morgan fingerprint density at radius 3 is 2.22 bits per heavy atom. The minimum atomic E-state index is 0.631. The van der Waals surface area contributed by atoms with E-state index in [0.29, 0.717) is 6.04 Å². The van der Waals surface area contributed by atoms with Gasteiger partial charge in [-0.15, -0.1) is 0 Å². The third-order valence-corrected chi connectivity index (χ3v) is 4.78. The molecule has 0 unspecified atom stereocenters. The van der Waals surface area contributed by atoms with Crippen LogP contribution in [0, 0.1) is 23.2 Å². The molecule has 0 radical (unpaired) electrons. The van der Waals surface area contributed by atoms with E-state index in [1.54, 1.807) is 0 Å². The second kappa shape index (κ2) is 5.50. The summed E-state index contributed by atoms with van der Waals surface area (Å²) >= 11 is 0. The Morgan fingerprint density at radius 1 is 1.11 bits per heavy atom. The number of rotatable bonds is 6. The first kappa shape index (κ1) is 14.3. The van der Waals surface area contributed by atoms with Gasteiger partial charge in [0.05, 0.1) is 0 Å². The van der Waals surface area contributed by atoms with Crippen molar-refractivity contribution in [1.82, 2.24) is 10.2 Å². The molecule has 0 aromatic rings. The SMILES string of the molecule is CC(C)CN1CC2(CC([C@@H](C)CNC(C)C)C2)C1. The number of nitrogens with one attached hydrogen (secondary N) is 1. The molecule has 1 aliphatic carbocycles. The zero-order chi connectivity index (χ0) is 13.3. The zero-order valence-corrected chi connectivity index (χ0v) is 13.0. The van der Waals surface area contributed by atoms with E-state index in [1.165, 1.54) is 39.0 Å². The van der Waals surface area contributed by atoms with Gasteiger partial charge >= 0.3 is 0 Å². The average molecular weight is 252 g/mol. The summed E-state index contributed by atoms with van der Waals surface area (Å²) in [5.41, 5.74) is 0.742. The maximum absolute atomic E-state index is 3.58. The summed E-state index contributed by atoms with van der Waals surface area (Å²) in [6.45, 7) is 16.8. The molecule has 1 spiro atoms. The van der Waals surface area contributed by atoms with Crippen LogP contribution < -0.4 is 5.32 Å². The molecule has 2 rings (SSSR count). The Morgan fingerprint density at radius 2 is 1.72 bits per heavy atom. The van der Waals surface area contributed by atoms with Crippen molar-refractivity contribution in [3.05, 3.63) is 0 Å². The predicted octanol–water partition coefficient (Wildman–Crippen LogP) is 2.99. The predicted molar refractivity (Wildman–Crippen MR) is 78.7 cm³/mol. The number of hydrogen-bond acceptors (Lipinski definition) is 2. The van der Waals surface area contributed by atoms with Crippen LogP contribution in [0.25, 0.3) is 0 Å². The third-order valence-electron chi connectivity index (χ3n) is 4.78. The topological polar surface area (TPSA) is 15.3 Å².